The summed E-state index contributed by atoms with van der Waals surface area (Å²) in [5, 5.41) is 6.61. The smallest absolute Gasteiger partial charge is 0.408 e. The first-order valence-corrected chi connectivity index (χ1v) is 19.7. The van der Waals surface area contributed by atoms with Gasteiger partial charge in [-0.2, -0.15) is 0 Å². The lowest BCUT2D eigenvalue weighted by atomic mass is 9.80. The van der Waals surface area contributed by atoms with E-state index < -0.39 is 36.1 Å². The molecule has 12 heteroatoms. The zero-order valence-electron chi connectivity index (χ0n) is 32.3. The lowest BCUT2D eigenvalue weighted by Gasteiger charge is -2.38. The van der Waals surface area contributed by atoms with Crippen LogP contribution < -0.4 is 16.4 Å². The number of nitrogens with zero attached hydrogens (tertiary/aromatic N) is 1. The lowest BCUT2D eigenvalue weighted by Crippen LogP contribution is -2.56. The zero-order chi connectivity index (χ0) is 39.7. The van der Waals surface area contributed by atoms with Gasteiger partial charge in [0.05, 0.1) is 13.2 Å². The Morgan fingerprint density at radius 2 is 1.54 bits per heavy atom. The molecule has 1 aliphatic rings. The van der Waals surface area contributed by atoms with E-state index in [1.807, 2.05) is 91.1 Å². The SMILES string of the molecule is COC(=O)[C@H](Cc1c[nH]c2ccccc12)NC(=O)CC[C@H]1CCC[C@@H](N(CCCCCCN)C(=O)[C@H](Cc2ccccc2)NC(=O)OCc2ccccc2)C1=O. The van der Waals surface area contributed by atoms with E-state index in [0.717, 1.165) is 46.9 Å². The summed E-state index contributed by atoms with van der Waals surface area (Å²) in [6.07, 6.45) is 6.92. The fourth-order valence-electron chi connectivity index (χ4n) is 7.49. The van der Waals surface area contributed by atoms with Gasteiger partial charge < -0.3 is 35.7 Å². The molecule has 4 aromatic rings. The van der Waals surface area contributed by atoms with Gasteiger partial charge in [0.15, 0.2) is 5.78 Å². The number of H-pyrrole nitrogens is 1. The number of ether oxygens (including phenoxy) is 2. The summed E-state index contributed by atoms with van der Waals surface area (Å²) in [6, 6.07) is 23.9. The van der Waals surface area contributed by atoms with Crippen LogP contribution in [-0.4, -0.2) is 77.9 Å². The average Bonchev–Trinajstić information content (AvgIpc) is 3.63. The number of alkyl carbamates (subject to hydrolysis) is 1. The minimum absolute atomic E-state index is 0.0307. The maximum Gasteiger partial charge on any atom is 0.408 e. The molecule has 0 radical (unpaired) electrons. The van der Waals surface area contributed by atoms with Gasteiger partial charge >= 0.3 is 12.1 Å². The first-order chi connectivity index (χ1) is 27.3. The van der Waals surface area contributed by atoms with Crippen molar-refractivity contribution in [1.82, 2.24) is 20.5 Å². The molecule has 0 bridgehead atoms. The fraction of sp³-hybridized carbons (Fsp3) is 0.432. The van der Waals surface area contributed by atoms with E-state index >= 15 is 0 Å². The van der Waals surface area contributed by atoms with Crippen LogP contribution in [0.4, 0.5) is 4.79 Å². The number of esters is 1. The number of rotatable bonds is 20. The van der Waals surface area contributed by atoms with Crippen molar-refractivity contribution in [3.05, 3.63) is 108 Å². The third kappa shape index (κ3) is 12.0. The van der Waals surface area contributed by atoms with Crippen LogP contribution in [-0.2, 0) is 48.1 Å². The number of aromatic nitrogens is 1. The quantitative estimate of drug-likeness (QED) is 0.0649. The molecule has 56 heavy (non-hydrogen) atoms. The highest BCUT2D eigenvalue weighted by Gasteiger charge is 2.39. The maximum atomic E-state index is 14.6. The van der Waals surface area contributed by atoms with Crippen LogP contribution in [0.15, 0.2) is 91.1 Å². The van der Waals surface area contributed by atoms with E-state index in [9.17, 15) is 24.0 Å². The molecule has 5 N–H and O–H groups in total. The highest BCUT2D eigenvalue weighted by molar-refractivity contribution is 5.94. The summed E-state index contributed by atoms with van der Waals surface area (Å²) < 4.78 is 10.5. The van der Waals surface area contributed by atoms with Crippen LogP contribution in [0.5, 0.6) is 0 Å². The van der Waals surface area contributed by atoms with Crippen LogP contribution in [0.3, 0.4) is 0 Å². The van der Waals surface area contributed by atoms with Gasteiger partial charge in [0.25, 0.3) is 0 Å². The molecule has 3 amide bonds. The second-order valence-corrected chi connectivity index (χ2v) is 14.5. The van der Waals surface area contributed by atoms with Gasteiger partial charge in [-0.3, -0.25) is 14.4 Å². The molecule has 12 nitrogen and oxygen atoms in total. The molecule has 0 unspecified atom stereocenters. The monoisotopic (exact) mass is 765 g/mol. The molecular weight excluding hydrogens is 711 g/mol. The van der Waals surface area contributed by atoms with E-state index in [1.165, 1.54) is 7.11 Å². The summed E-state index contributed by atoms with van der Waals surface area (Å²) in [6.45, 7) is 0.966. The van der Waals surface area contributed by atoms with E-state index in [-0.39, 0.29) is 49.9 Å². The third-order valence-corrected chi connectivity index (χ3v) is 10.5. The third-order valence-electron chi connectivity index (χ3n) is 10.5. The number of unbranched alkanes of at least 4 members (excludes halogenated alkanes) is 3. The van der Waals surface area contributed by atoms with Crippen LogP contribution in [0, 0.1) is 5.92 Å². The van der Waals surface area contributed by atoms with Gasteiger partial charge in [0.1, 0.15) is 18.7 Å². The molecular formula is C44H55N5O7. The van der Waals surface area contributed by atoms with Crippen LogP contribution >= 0.6 is 0 Å². The number of fused-ring (bicyclic) bond motifs is 1. The predicted molar refractivity (Wildman–Crippen MR) is 214 cm³/mol. The van der Waals surface area contributed by atoms with E-state index in [4.69, 9.17) is 15.2 Å². The molecule has 1 heterocycles. The molecule has 0 spiro atoms. The number of carbonyl (C=O) groups excluding carboxylic acids is 5. The number of Topliss-reactive ketones (excluding diaryl/α,β-unsaturated/α-hetero) is 1. The molecule has 5 rings (SSSR count). The Labute approximate surface area is 328 Å². The number of nitrogens with two attached hydrogens (primary N) is 1. The van der Waals surface area contributed by atoms with Crippen LogP contribution in [0.25, 0.3) is 10.9 Å². The fourth-order valence-corrected chi connectivity index (χ4v) is 7.49. The number of methoxy groups -OCH3 is 1. The number of carbonyl (C=O) groups is 5. The van der Waals surface area contributed by atoms with Crippen molar-refractivity contribution < 1.29 is 33.4 Å². The molecule has 1 saturated carbocycles. The lowest BCUT2D eigenvalue weighted by molar-refractivity contribution is -0.145. The summed E-state index contributed by atoms with van der Waals surface area (Å²) in [7, 11) is 1.29. The largest absolute Gasteiger partial charge is 0.467 e. The normalized spacial score (nSPS) is 16.4. The number of para-hydroxylation sites is 1. The van der Waals surface area contributed by atoms with Gasteiger partial charge in [0.2, 0.25) is 11.8 Å². The predicted octanol–water partition coefficient (Wildman–Crippen LogP) is 5.77. The molecule has 1 aliphatic carbocycles. The Kier molecular flexibility index (Phi) is 16.0. The Morgan fingerprint density at radius 3 is 2.27 bits per heavy atom. The number of amides is 3. The molecule has 0 aliphatic heterocycles. The van der Waals surface area contributed by atoms with Crippen LogP contribution in [0.2, 0.25) is 0 Å². The summed E-state index contributed by atoms with van der Waals surface area (Å²) in [4.78, 5) is 72.9. The molecule has 1 aromatic heterocycles. The van der Waals surface area contributed by atoms with Gasteiger partial charge in [-0.25, -0.2) is 9.59 Å². The summed E-state index contributed by atoms with van der Waals surface area (Å²) in [5.41, 5.74) is 9.19. The number of benzene rings is 3. The van der Waals surface area contributed by atoms with Gasteiger partial charge in [-0.05, 0) is 61.4 Å². The van der Waals surface area contributed by atoms with E-state index in [2.05, 4.69) is 15.6 Å². The number of nitrogens with one attached hydrogen (secondary N) is 3. The van der Waals surface area contributed by atoms with Crippen molar-refractivity contribution in [2.75, 3.05) is 20.2 Å². The Hall–Kier alpha value is -5.49. The van der Waals surface area contributed by atoms with Gasteiger partial charge in [0, 0.05) is 48.8 Å². The molecule has 1 fully saturated rings. The molecule has 3 aromatic carbocycles. The molecule has 298 valence electrons. The minimum Gasteiger partial charge on any atom is -0.467 e. The van der Waals surface area contributed by atoms with Crippen molar-refractivity contribution in [2.45, 2.75) is 95.4 Å². The second-order valence-electron chi connectivity index (χ2n) is 14.5. The van der Waals surface area contributed by atoms with Crippen LogP contribution in [0.1, 0.15) is 74.5 Å². The first-order valence-electron chi connectivity index (χ1n) is 19.7. The van der Waals surface area contributed by atoms with Crippen molar-refractivity contribution in [3.8, 4) is 0 Å². The average molecular weight is 766 g/mol. The number of aromatic amines is 1. The highest BCUT2D eigenvalue weighted by atomic mass is 16.5. The van der Waals surface area contributed by atoms with Crippen molar-refractivity contribution >= 4 is 40.6 Å². The van der Waals surface area contributed by atoms with Gasteiger partial charge in [-0.15, -0.1) is 0 Å². The van der Waals surface area contributed by atoms with Crippen molar-refractivity contribution in [2.24, 2.45) is 11.7 Å². The van der Waals surface area contributed by atoms with E-state index in [1.54, 1.807) is 4.90 Å². The van der Waals surface area contributed by atoms with Gasteiger partial charge in [-0.1, -0.05) is 98.1 Å². The van der Waals surface area contributed by atoms with Crippen molar-refractivity contribution in [3.63, 3.8) is 0 Å². The Morgan fingerprint density at radius 1 is 0.839 bits per heavy atom. The highest BCUT2D eigenvalue weighted by Crippen LogP contribution is 2.29. The number of hydrogen-bond acceptors (Lipinski definition) is 8. The topological polar surface area (TPSA) is 173 Å². The summed E-state index contributed by atoms with van der Waals surface area (Å²) in [5.74, 6) is -1.80. The van der Waals surface area contributed by atoms with E-state index in [0.29, 0.717) is 38.8 Å². The Bertz CT molecular complexity index is 1880. The molecule has 4 atom stereocenters. The number of ketones is 1. The zero-order valence-corrected chi connectivity index (χ0v) is 32.3. The maximum absolute atomic E-state index is 14.6. The standard InChI is InChI=1S/C44H55N5O7/c1-55-43(53)38(28-34-29-46-36-21-11-10-20-35(34)36)47-40(50)24-23-33-19-14-22-39(41(33)51)49(26-13-3-2-12-25-45)42(52)37(27-31-15-6-4-7-16-31)48-44(54)56-30-32-17-8-5-9-18-32/h4-11,15-18,20-21,29,33,37-39,46H,2-3,12-14,19,22-28,30,45H2,1H3,(H,47,50)(H,48,54)/t33-,37+,38+,39-/m1/s1. The summed E-state index contributed by atoms with van der Waals surface area (Å²) >= 11 is 0. The second kappa shape index (κ2) is 21.6. The van der Waals surface area contributed by atoms with Crippen molar-refractivity contribution in [1.29, 1.82) is 0 Å². The molecule has 0 saturated heterocycles. The minimum atomic E-state index is -0.976. The Balaban J connectivity index is 1.27. The first kappa shape index (κ1) is 41.7. The number of hydrogen-bond donors (Lipinski definition) is 4.